The third-order valence-electron chi connectivity index (χ3n) is 12.4. The summed E-state index contributed by atoms with van der Waals surface area (Å²) in [5.74, 6) is 0. The molecule has 0 nitrogen and oxygen atoms in total. The molecular formula is C56H32S2. The van der Waals surface area contributed by atoms with Crippen molar-refractivity contribution in [3.05, 3.63) is 194 Å². The van der Waals surface area contributed by atoms with Gasteiger partial charge in [-0.3, -0.25) is 0 Å². The second kappa shape index (κ2) is 12.3. The van der Waals surface area contributed by atoms with Gasteiger partial charge >= 0.3 is 0 Å². The summed E-state index contributed by atoms with van der Waals surface area (Å²) in [7, 11) is 0. The maximum atomic E-state index is 2.48. The maximum absolute atomic E-state index is 2.48. The molecule has 0 N–H and O–H groups in total. The Kier molecular flexibility index (Phi) is 6.86. The SMILES string of the molecule is c1ccc2cc(-c3c4ccccc4c(-c4ccc(-c5cc6sc7ccc8sc9ccccc9c8c7c6c6ccccc56)c5ccccc45)c4ccccc34)ccc2c1. The van der Waals surface area contributed by atoms with E-state index in [4.69, 9.17) is 0 Å². The summed E-state index contributed by atoms with van der Waals surface area (Å²) < 4.78 is 5.38. The zero-order valence-electron chi connectivity index (χ0n) is 31.3. The summed E-state index contributed by atoms with van der Waals surface area (Å²) in [6, 6.07) is 72.6. The molecule has 58 heavy (non-hydrogen) atoms. The highest BCUT2D eigenvalue weighted by molar-refractivity contribution is 7.28. The van der Waals surface area contributed by atoms with Crippen LogP contribution in [0.15, 0.2) is 194 Å². The molecule has 0 saturated carbocycles. The van der Waals surface area contributed by atoms with Crippen LogP contribution in [0.3, 0.4) is 0 Å². The molecule has 0 unspecified atom stereocenters. The van der Waals surface area contributed by atoms with E-state index >= 15 is 0 Å². The van der Waals surface area contributed by atoms with E-state index in [1.807, 2.05) is 22.7 Å². The summed E-state index contributed by atoms with van der Waals surface area (Å²) in [6.07, 6.45) is 0. The van der Waals surface area contributed by atoms with Gasteiger partial charge in [-0.05, 0) is 118 Å². The van der Waals surface area contributed by atoms with E-state index in [1.54, 1.807) is 0 Å². The minimum Gasteiger partial charge on any atom is -0.135 e. The van der Waals surface area contributed by atoms with Crippen molar-refractivity contribution in [3.63, 3.8) is 0 Å². The van der Waals surface area contributed by atoms with Crippen molar-refractivity contribution in [2.45, 2.75) is 0 Å². The van der Waals surface area contributed by atoms with Crippen LogP contribution in [0.1, 0.15) is 0 Å². The Morgan fingerprint density at radius 2 is 0.724 bits per heavy atom. The quantitative estimate of drug-likeness (QED) is 0.157. The Hall–Kier alpha value is -6.84. The molecule has 0 spiro atoms. The fourth-order valence-electron chi connectivity index (χ4n) is 9.99. The first-order valence-corrected chi connectivity index (χ1v) is 21.6. The molecule has 0 saturated heterocycles. The molecule has 0 aliphatic rings. The molecule has 0 fully saturated rings. The number of fused-ring (bicyclic) bond motifs is 13. The van der Waals surface area contributed by atoms with Gasteiger partial charge in [0, 0.05) is 40.3 Å². The van der Waals surface area contributed by atoms with Crippen LogP contribution >= 0.6 is 22.7 Å². The molecule has 13 aromatic rings. The second-order valence-electron chi connectivity index (χ2n) is 15.5. The summed E-state index contributed by atoms with van der Waals surface area (Å²) in [6.45, 7) is 0. The van der Waals surface area contributed by atoms with Crippen LogP contribution < -0.4 is 0 Å². The Morgan fingerprint density at radius 1 is 0.241 bits per heavy atom. The fraction of sp³-hybridized carbons (Fsp3) is 0. The third kappa shape index (κ3) is 4.56. The standard InChI is InChI=1S/C56H32S2/c1-2-14-34-31-35(26-25-33(34)13-1)52-41-19-7-9-21-43(41)53(44-22-10-8-20-42(44)52)45-28-27-39(36-15-3-4-16-37(36)45)47-32-51-54(40-18-6-5-17-38(40)47)56-50(58-51)30-29-49-55(56)46-23-11-12-24-48(46)57-49/h1-32H. The number of thiophene rings is 2. The zero-order valence-corrected chi connectivity index (χ0v) is 32.9. The molecule has 0 atom stereocenters. The molecule has 13 rings (SSSR count). The first kappa shape index (κ1) is 32.3. The van der Waals surface area contributed by atoms with Crippen molar-refractivity contribution in [1.29, 1.82) is 0 Å². The van der Waals surface area contributed by atoms with E-state index in [0.717, 1.165) is 0 Å². The van der Waals surface area contributed by atoms with Crippen molar-refractivity contribution in [2.75, 3.05) is 0 Å². The molecular weight excluding hydrogens is 737 g/mol. The summed E-state index contributed by atoms with van der Waals surface area (Å²) in [5, 5.41) is 18.3. The molecule has 268 valence electrons. The van der Waals surface area contributed by atoms with E-state index in [9.17, 15) is 0 Å². The molecule has 2 aromatic heterocycles. The van der Waals surface area contributed by atoms with Crippen LogP contribution in [-0.2, 0) is 0 Å². The Morgan fingerprint density at radius 3 is 1.43 bits per heavy atom. The van der Waals surface area contributed by atoms with Gasteiger partial charge < -0.3 is 0 Å². The number of rotatable bonds is 3. The van der Waals surface area contributed by atoms with Crippen LogP contribution in [0, 0.1) is 0 Å². The van der Waals surface area contributed by atoms with E-state index in [-0.39, 0.29) is 0 Å². The van der Waals surface area contributed by atoms with Gasteiger partial charge in [0.2, 0.25) is 0 Å². The van der Waals surface area contributed by atoms with Gasteiger partial charge in [0.15, 0.2) is 0 Å². The van der Waals surface area contributed by atoms with E-state index in [1.165, 1.54) is 128 Å². The van der Waals surface area contributed by atoms with Crippen molar-refractivity contribution in [1.82, 2.24) is 0 Å². The molecule has 0 aliphatic carbocycles. The lowest BCUT2D eigenvalue weighted by Gasteiger charge is -2.20. The Labute approximate surface area is 342 Å². The lowest BCUT2D eigenvalue weighted by Crippen LogP contribution is -1.93. The monoisotopic (exact) mass is 768 g/mol. The minimum atomic E-state index is 1.24. The summed E-state index contributed by atoms with van der Waals surface area (Å²) in [4.78, 5) is 0. The van der Waals surface area contributed by atoms with Crippen LogP contribution in [0.4, 0.5) is 0 Å². The van der Waals surface area contributed by atoms with Gasteiger partial charge in [0.1, 0.15) is 0 Å². The molecule has 2 heterocycles. The first-order valence-electron chi connectivity index (χ1n) is 19.9. The molecule has 11 aromatic carbocycles. The second-order valence-corrected chi connectivity index (χ2v) is 17.6. The van der Waals surface area contributed by atoms with Crippen LogP contribution in [0.25, 0.3) is 128 Å². The summed E-state index contributed by atoms with van der Waals surface area (Å²) in [5.41, 5.74) is 7.63. The molecule has 0 aliphatic heterocycles. The zero-order chi connectivity index (χ0) is 37.9. The normalized spacial score (nSPS) is 12.1. The van der Waals surface area contributed by atoms with Gasteiger partial charge in [-0.2, -0.15) is 0 Å². The minimum absolute atomic E-state index is 1.24. The number of hydrogen-bond acceptors (Lipinski definition) is 2. The predicted molar refractivity (Wildman–Crippen MR) is 256 cm³/mol. The smallest absolute Gasteiger partial charge is 0.0368 e. The topological polar surface area (TPSA) is 0 Å². The van der Waals surface area contributed by atoms with E-state index in [2.05, 4.69) is 194 Å². The van der Waals surface area contributed by atoms with Crippen LogP contribution in [0.5, 0.6) is 0 Å². The Balaban J connectivity index is 1.08. The van der Waals surface area contributed by atoms with Gasteiger partial charge in [-0.15, -0.1) is 22.7 Å². The fourth-order valence-corrected chi connectivity index (χ4v) is 12.3. The first-order chi connectivity index (χ1) is 28.8. The molecule has 0 radical (unpaired) electrons. The van der Waals surface area contributed by atoms with Crippen molar-refractivity contribution >= 4 is 117 Å². The van der Waals surface area contributed by atoms with E-state index in [0.29, 0.717) is 0 Å². The average Bonchev–Trinajstić information content (AvgIpc) is 3.86. The largest absolute Gasteiger partial charge is 0.135 e. The maximum Gasteiger partial charge on any atom is 0.0368 e. The highest BCUT2D eigenvalue weighted by Crippen LogP contribution is 2.51. The van der Waals surface area contributed by atoms with Gasteiger partial charge in [0.05, 0.1) is 0 Å². The highest BCUT2D eigenvalue weighted by Gasteiger charge is 2.22. The van der Waals surface area contributed by atoms with Crippen molar-refractivity contribution in [3.8, 4) is 33.4 Å². The average molecular weight is 769 g/mol. The molecule has 0 amide bonds. The van der Waals surface area contributed by atoms with Gasteiger partial charge in [-0.1, -0.05) is 164 Å². The van der Waals surface area contributed by atoms with Crippen LogP contribution in [-0.4, -0.2) is 0 Å². The molecule has 0 bridgehead atoms. The lowest BCUT2D eigenvalue weighted by molar-refractivity contribution is 1.67. The predicted octanol–water partition coefficient (Wildman–Crippen LogP) is 17.2. The van der Waals surface area contributed by atoms with Gasteiger partial charge in [-0.25, -0.2) is 0 Å². The van der Waals surface area contributed by atoms with Gasteiger partial charge in [0.25, 0.3) is 0 Å². The van der Waals surface area contributed by atoms with Crippen molar-refractivity contribution in [2.24, 2.45) is 0 Å². The highest BCUT2D eigenvalue weighted by atomic mass is 32.1. The van der Waals surface area contributed by atoms with Crippen molar-refractivity contribution < 1.29 is 0 Å². The number of benzene rings is 11. The van der Waals surface area contributed by atoms with Crippen LogP contribution in [0.2, 0.25) is 0 Å². The lowest BCUT2D eigenvalue weighted by atomic mass is 9.83. The molecule has 2 heteroatoms. The Bertz CT molecular complexity index is 3800. The summed E-state index contributed by atoms with van der Waals surface area (Å²) >= 11 is 3.83. The number of hydrogen-bond donors (Lipinski definition) is 0. The van der Waals surface area contributed by atoms with E-state index < -0.39 is 0 Å². The third-order valence-corrected chi connectivity index (χ3v) is 14.7.